The molecule has 1 aliphatic heterocycles. The number of likely N-dealkylation sites (tertiary alicyclic amines) is 1. The van der Waals surface area contributed by atoms with Crippen LogP contribution in [0.2, 0.25) is 0 Å². The van der Waals surface area contributed by atoms with Crippen LogP contribution >= 0.6 is 11.8 Å². The van der Waals surface area contributed by atoms with Crippen molar-refractivity contribution in [2.24, 2.45) is 0 Å². The zero-order valence-corrected chi connectivity index (χ0v) is 14.8. The molecule has 0 aliphatic carbocycles. The second-order valence-corrected chi connectivity index (χ2v) is 6.78. The third-order valence-electron chi connectivity index (χ3n) is 3.02. The van der Waals surface area contributed by atoms with Crippen molar-refractivity contribution in [1.82, 2.24) is 4.90 Å². The monoisotopic (exact) mass is 311 g/mol. The molecule has 0 N–H and O–H groups in total. The fraction of sp³-hybridized carbons (Fsp3) is 0.647. The number of benzene rings is 1. The van der Waals surface area contributed by atoms with Gasteiger partial charge < -0.3 is 9.47 Å². The van der Waals surface area contributed by atoms with Gasteiger partial charge in [0, 0.05) is 36.9 Å². The minimum atomic E-state index is 0.330. The summed E-state index contributed by atoms with van der Waals surface area (Å²) in [6.45, 7) is 12.2. The molecule has 21 heavy (non-hydrogen) atoms. The van der Waals surface area contributed by atoms with Crippen LogP contribution in [0.5, 0.6) is 5.75 Å². The molecule has 0 spiro atoms. The van der Waals surface area contributed by atoms with Crippen molar-refractivity contribution >= 4 is 11.8 Å². The largest absolute Gasteiger partial charge is 0.488 e. The fourth-order valence-electron chi connectivity index (χ4n) is 2.09. The van der Waals surface area contributed by atoms with Crippen LogP contribution in [0.4, 0.5) is 0 Å². The van der Waals surface area contributed by atoms with Gasteiger partial charge in [0.15, 0.2) is 0 Å². The summed E-state index contributed by atoms with van der Waals surface area (Å²) in [7, 11) is 1.74. The topological polar surface area (TPSA) is 21.7 Å². The van der Waals surface area contributed by atoms with Gasteiger partial charge in [-0.1, -0.05) is 33.8 Å². The van der Waals surface area contributed by atoms with E-state index in [9.17, 15) is 0 Å². The Kier molecular flexibility index (Phi) is 8.81. The first-order valence-electron chi connectivity index (χ1n) is 7.82. The second-order valence-electron chi connectivity index (χ2n) is 5.13. The molecule has 0 bridgehead atoms. The molecule has 1 saturated heterocycles. The summed E-state index contributed by atoms with van der Waals surface area (Å²) in [5.74, 6) is 0.988. The van der Waals surface area contributed by atoms with Gasteiger partial charge >= 0.3 is 0 Å². The number of methoxy groups -OCH3 is 1. The quantitative estimate of drug-likeness (QED) is 0.711. The van der Waals surface area contributed by atoms with Gasteiger partial charge in [0.05, 0.1) is 6.61 Å². The highest BCUT2D eigenvalue weighted by Crippen LogP contribution is 2.27. The van der Waals surface area contributed by atoms with E-state index in [2.05, 4.69) is 36.9 Å². The maximum Gasteiger partial charge on any atom is 0.124 e. The van der Waals surface area contributed by atoms with E-state index < -0.39 is 0 Å². The molecule has 4 heteroatoms. The fourth-order valence-corrected chi connectivity index (χ4v) is 2.97. The smallest absolute Gasteiger partial charge is 0.124 e. The molecule has 1 aromatic carbocycles. The standard InChI is InChI=1S/C15H23NO2S.C2H6/c1-12(2)19-15-6-4-5-13(9-15)18-14-10-16(11-14)7-8-17-3;1-2/h4-6,9,12,14H,7-8,10-11H2,1-3H3;1-2H3. The van der Waals surface area contributed by atoms with E-state index in [0.717, 1.165) is 32.0 Å². The zero-order chi connectivity index (χ0) is 15.7. The Bertz CT molecular complexity index is 392. The Morgan fingerprint density at radius 3 is 2.62 bits per heavy atom. The van der Waals surface area contributed by atoms with Gasteiger partial charge in [-0.2, -0.15) is 0 Å². The van der Waals surface area contributed by atoms with Gasteiger partial charge in [0.25, 0.3) is 0 Å². The molecule has 2 rings (SSSR count). The Morgan fingerprint density at radius 1 is 1.29 bits per heavy atom. The van der Waals surface area contributed by atoms with E-state index in [0.29, 0.717) is 11.4 Å². The van der Waals surface area contributed by atoms with E-state index in [4.69, 9.17) is 9.47 Å². The normalized spacial score (nSPS) is 15.3. The Labute approximate surface area is 134 Å². The summed E-state index contributed by atoms with van der Waals surface area (Å²) < 4.78 is 11.1. The van der Waals surface area contributed by atoms with E-state index in [1.54, 1.807) is 7.11 Å². The lowest BCUT2D eigenvalue weighted by molar-refractivity contribution is 0.00563. The Balaban J connectivity index is 0.00000106. The average molecular weight is 311 g/mol. The lowest BCUT2D eigenvalue weighted by atomic mass is 10.1. The predicted octanol–water partition coefficient (Wildman–Crippen LogP) is 3.92. The molecular weight excluding hydrogens is 282 g/mol. The SMILES string of the molecule is CC.COCCN1CC(Oc2cccc(SC(C)C)c2)C1. The molecule has 0 aromatic heterocycles. The molecule has 0 atom stereocenters. The zero-order valence-electron chi connectivity index (χ0n) is 14.0. The second kappa shape index (κ2) is 10.1. The Morgan fingerprint density at radius 2 is 2.00 bits per heavy atom. The van der Waals surface area contributed by atoms with E-state index >= 15 is 0 Å². The molecule has 0 amide bonds. The summed E-state index contributed by atoms with van der Waals surface area (Å²) in [6.07, 6.45) is 0.330. The molecule has 0 saturated carbocycles. The van der Waals surface area contributed by atoms with Crippen LogP contribution in [0.1, 0.15) is 27.7 Å². The van der Waals surface area contributed by atoms with Gasteiger partial charge in [-0.25, -0.2) is 0 Å². The van der Waals surface area contributed by atoms with E-state index in [1.165, 1.54) is 4.90 Å². The molecular formula is C17H29NO2S. The lowest BCUT2D eigenvalue weighted by Gasteiger charge is -2.38. The molecule has 1 heterocycles. The first kappa shape index (κ1) is 18.3. The van der Waals surface area contributed by atoms with Crippen molar-refractivity contribution in [3.8, 4) is 5.75 Å². The minimum Gasteiger partial charge on any atom is -0.488 e. The van der Waals surface area contributed by atoms with Crippen LogP contribution in [0.3, 0.4) is 0 Å². The third kappa shape index (κ3) is 6.72. The van der Waals surface area contributed by atoms with Crippen LogP contribution in [0.25, 0.3) is 0 Å². The maximum absolute atomic E-state index is 5.99. The number of hydrogen-bond acceptors (Lipinski definition) is 4. The number of nitrogens with zero attached hydrogens (tertiary/aromatic N) is 1. The van der Waals surface area contributed by atoms with E-state index in [1.807, 2.05) is 31.7 Å². The molecule has 1 fully saturated rings. The number of hydrogen-bond donors (Lipinski definition) is 0. The van der Waals surface area contributed by atoms with Crippen molar-refractivity contribution in [3.63, 3.8) is 0 Å². The van der Waals surface area contributed by atoms with Gasteiger partial charge in [0.1, 0.15) is 11.9 Å². The molecule has 120 valence electrons. The molecule has 0 radical (unpaired) electrons. The van der Waals surface area contributed by atoms with Crippen LogP contribution in [0, 0.1) is 0 Å². The average Bonchev–Trinajstić information content (AvgIpc) is 2.43. The minimum absolute atomic E-state index is 0.330. The summed E-state index contributed by atoms with van der Waals surface area (Å²) >= 11 is 1.87. The first-order chi connectivity index (χ1) is 10.2. The van der Waals surface area contributed by atoms with Crippen molar-refractivity contribution in [2.75, 3.05) is 33.4 Å². The van der Waals surface area contributed by atoms with Gasteiger partial charge in [0.2, 0.25) is 0 Å². The first-order valence-corrected chi connectivity index (χ1v) is 8.70. The summed E-state index contributed by atoms with van der Waals surface area (Å²) in [5, 5.41) is 0.600. The Hall–Kier alpha value is -0.710. The summed E-state index contributed by atoms with van der Waals surface area (Å²) in [5.41, 5.74) is 0. The van der Waals surface area contributed by atoms with Crippen molar-refractivity contribution in [3.05, 3.63) is 24.3 Å². The molecule has 1 aromatic rings. The maximum atomic E-state index is 5.99. The van der Waals surface area contributed by atoms with Crippen molar-refractivity contribution < 1.29 is 9.47 Å². The van der Waals surface area contributed by atoms with Gasteiger partial charge in [-0.05, 0) is 18.2 Å². The lowest BCUT2D eigenvalue weighted by Crippen LogP contribution is -2.54. The molecule has 0 unspecified atom stereocenters. The third-order valence-corrected chi connectivity index (χ3v) is 4.01. The summed E-state index contributed by atoms with van der Waals surface area (Å²) in [6, 6.07) is 8.40. The summed E-state index contributed by atoms with van der Waals surface area (Å²) in [4.78, 5) is 3.63. The van der Waals surface area contributed by atoms with E-state index in [-0.39, 0.29) is 0 Å². The predicted molar refractivity (Wildman–Crippen MR) is 91.5 cm³/mol. The van der Waals surface area contributed by atoms with Crippen molar-refractivity contribution in [1.29, 1.82) is 0 Å². The van der Waals surface area contributed by atoms with Gasteiger partial charge in [-0.3, -0.25) is 4.90 Å². The molecule has 1 aliphatic rings. The highest BCUT2D eigenvalue weighted by Gasteiger charge is 2.27. The number of thioether (sulfide) groups is 1. The highest BCUT2D eigenvalue weighted by molar-refractivity contribution is 7.99. The van der Waals surface area contributed by atoms with Crippen LogP contribution in [0.15, 0.2) is 29.2 Å². The number of ether oxygens (including phenoxy) is 2. The highest BCUT2D eigenvalue weighted by atomic mass is 32.2. The van der Waals surface area contributed by atoms with Crippen LogP contribution in [-0.2, 0) is 4.74 Å². The molecule has 3 nitrogen and oxygen atoms in total. The number of rotatable bonds is 7. The van der Waals surface area contributed by atoms with Crippen molar-refractivity contribution in [2.45, 2.75) is 43.9 Å². The van der Waals surface area contributed by atoms with Crippen LogP contribution < -0.4 is 4.74 Å². The van der Waals surface area contributed by atoms with Gasteiger partial charge in [-0.15, -0.1) is 11.8 Å². The van der Waals surface area contributed by atoms with Crippen LogP contribution in [-0.4, -0.2) is 49.6 Å².